The van der Waals surface area contributed by atoms with Gasteiger partial charge in [0, 0.05) is 32.9 Å². The van der Waals surface area contributed by atoms with Crippen LogP contribution < -0.4 is 54.8 Å². The summed E-state index contributed by atoms with van der Waals surface area (Å²) in [6, 6.07) is 1.98. The third-order valence-corrected chi connectivity index (χ3v) is 11.5. The van der Waals surface area contributed by atoms with Crippen molar-refractivity contribution in [3.05, 3.63) is 59.7 Å². The number of nitrogens with zero attached hydrogens (tertiary/aromatic N) is 2. The summed E-state index contributed by atoms with van der Waals surface area (Å²) >= 11 is 0. The van der Waals surface area contributed by atoms with Gasteiger partial charge in [0.05, 0.1) is 6.42 Å². The molecule has 1 heterocycles. The zero-order chi connectivity index (χ0) is 52.8. The van der Waals surface area contributed by atoms with Crippen LogP contribution in [0.4, 0.5) is 0 Å². The van der Waals surface area contributed by atoms with Gasteiger partial charge < -0.3 is 75.1 Å². The zero-order valence-corrected chi connectivity index (χ0v) is 40.4. The van der Waals surface area contributed by atoms with Gasteiger partial charge in [0.25, 0.3) is 0 Å². The summed E-state index contributed by atoms with van der Waals surface area (Å²) in [5, 5.41) is 44.9. The van der Waals surface area contributed by atoms with Crippen molar-refractivity contribution in [1.82, 2.24) is 36.8 Å². The highest BCUT2D eigenvalue weighted by molar-refractivity contribution is 5.98. The van der Waals surface area contributed by atoms with Crippen LogP contribution in [0, 0.1) is 5.92 Å². The molecule has 17 N–H and O–H groups in total. The highest BCUT2D eigenvalue weighted by Crippen LogP contribution is 2.19. The molecular weight excluding hydrogens is 925 g/mol. The molecule has 0 spiro atoms. The average molecular weight is 995 g/mol. The molecule has 1 aliphatic rings. The summed E-state index contributed by atoms with van der Waals surface area (Å²) in [5.41, 5.74) is 23.2. The second-order valence-electron chi connectivity index (χ2n) is 17.8. The van der Waals surface area contributed by atoms with Gasteiger partial charge in [0.1, 0.15) is 53.8 Å². The number of carboxylic acid groups (broad SMARTS) is 1. The standard InChI is InChI=1S/C47H70N12O12/c1-26(2)22-35(56-42(67)32(8-4-5-19-48)53-41(66)33(9-6-20-52-47(50)51)54-46(71)38-10-7-21-59(38)27(3)60)43(68)57-36(24-29-13-17-31(62)18-14-29)44(69)58-37(25-39(63)64)45(70)55-34(40(49)65)23-28-11-15-30(61)16-12-28/h11-18,26,32-38,61-62H,4-10,19-25,48H2,1-3H3,(H2,49,65)(H,53,66)(H,54,71)(H,55,70)(H,56,67)(H,57,68)(H,58,69)(H,63,64)(H4,50,51,52)/t32-,33-,34-,35-,36-,37-,38-/m0/s1. The second kappa shape index (κ2) is 28.9. The second-order valence-corrected chi connectivity index (χ2v) is 17.8. The number of nitrogens with one attached hydrogen (secondary N) is 6. The Kier molecular flexibility index (Phi) is 23.5. The smallest absolute Gasteiger partial charge is 0.305 e. The first-order chi connectivity index (χ1) is 33.6. The number of phenols is 2. The third-order valence-electron chi connectivity index (χ3n) is 11.5. The molecule has 1 fully saturated rings. The maximum Gasteiger partial charge on any atom is 0.305 e. The van der Waals surface area contributed by atoms with Crippen LogP contribution in [-0.4, -0.2) is 141 Å². The van der Waals surface area contributed by atoms with Crippen molar-refractivity contribution in [3.63, 3.8) is 0 Å². The molecule has 24 heteroatoms. The minimum Gasteiger partial charge on any atom is -0.508 e. The Morgan fingerprint density at radius 1 is 0.648 bits per heavy atom. The summed E-state index contributed by atoms with van der Waals surface area (Å²) in [5.74, 6) is -8.40. The van der Waals surface area contributed by atoms with Crippen LogP contribution in [0.2, 0.25) is 0 Å². The van der Waals surface area contributed by atoms with E-state index in [9.17, 15) is 58.5 Å². The molecule has 1 aliphatic heterocycles. The summed E-state index contributed by atoms with van der Waals surface area (Å²) in [6.07, 6.45) is 0.806. The van der Waals surface area contributed by atoms with Crippen LogP contribution in [-0.2, 0) is 56.0 Å². The predicted molar refractivity (Wildman–Crippen MR) is 259 cm³/mol. The minimum absolute atomic E-state index is 0.0195. The third kappa shape index (κ3) is 20.2. The number of carbonyl (C=O) groups is 9. The lowest BCUT2D eigenvalue weighted by atomic mass is 9.99. The van der Waals surface area contributed by atoms with E-state index in [1.165, 1.54) is 60.4 Å². The van der Waals surface area contributed by atoms with E-state index in [2.05, 4.69) is 36.9 Å². The van der Waals surface area contributed by atoms with E-state index >= 15 is 0 Å². The van der Waals surface area contributed by atoms with Gasteiger partial charge in [0.15, 0.2) is 5.96 Å². The van der Waals surface area contributed by atoms with Crippen molar-refractivity contribution in [3.8, 4) is 11.5 Å². The van der Waals surface area contributed by atoms with Gasteiger partial charge in [0.2, 0.25) is 47.3 Å². The zero-order valence-electron chi connectivity index (χ0n) is 40.4. The van der Waals surface area contributed by atoms with Crippen molar-refractivity contribution in [2.24, 2.45) is 33.8 Å². The topological polar surface area (TPSA) is 406 Å². The van der Waals surface area contributed by atoms with Gasteiger partial charge in [-0.05, 0) is 99.2 Å². The van der Waals surface area contributed by atoms with Crippen molar-refractivity contribution in [2.45, 2.75) is 134 Å². The molecule has 390 valence electrons. The summed E-state index contributed by atoms with van der Waals surface area (Å²) in [6.45, 7) is 5.65. The lowest BCUT2D eigenvalue weighted by molar-refractivity contribution is -0.141. The van der Waals surface area contributed by atoms with Crippen LogP contribution in [0.3, 0.4) is 0 Å². The number of primary amides is 1. The Labute approximate surface area is 411 Å². The van der Waals surface area contributed by atoms with E-state index in [-0.39, 0.29) is 80.9 Å². The Balaban J connectivity index is 1.91. The van der Waals surface area contributed by atoms with Crippen molar-refractivity contribution in [1.29, 1.82) is 0 Å². The van der Waals surface area contributed by atoms with Gasteiger partial charge in [-0.1, -0.05) is 38.1 Å². The highest BCUT2D eigenvalue weighted by Gasteiger charge is 2.37. The molecule has 3 rings (SSSR count). The van der Waals surface area contributed by atoms with Gasteiger partial charge in [-0.15, -0.1) is 0 Å². The number of carbonyl (C=O) groups excluding carboxylic acids is 8. The average Bonchev–Trinajstić information content (AvgIpc) is 3.81. The lowest BCUT2D eigenvalue weighted by Gasteiger charge is -2.29. The van der Waals surface area contributed by atoms with Gasteiger partial charge in [-0.25, -0.2) is 0 Å². The number of aliphatic imine (C=N–C) groups is 1. The van der Waals surface area contributed by atoms with Crippen LogP contribution in [0.1, 0.15) is 89.7 Å². The Bertz CT molecular complexity index is 2190. The fourth-order valence-corrected chi connectivity index (χ4v) is 7.83. The van der Waals surface area contributed by atoms with E-state index < -0.39 is 96.0 Å². The fourth-order valence-electron chi connectivity index (χ4n) is 7.83. The molecule has 0 radical (unpaired) electrons. The Morgan fingerprint density at radius 2 is 1.11 bits per heavy atom. The molecular formula is C47H70N12O12. The summed E-state index contributed by atoms with van der Waals surface area (Å²) in [7, 11) is 0. The number of rotatable bonds is 29. The molecule has 0 bridgehead atoms. The number of amides is 8. The quantitative estimate of drug-likeness (QED) is 0.0238. The normalized spacial score (nSPS) is 15.7. The number of phenolic OH excluding ortho intramolecular Hbond substituents is 2. The van der Waals surface area contributed by atoms with Crippen LogP contribution in [0.15, 0.2) is 53.5 Å². The number of hydrogen-bond donors (Lipinski definition) is 13. The first kappa shape index (κ1) is 57.8. The van der Waals surface area contributed by atoms with Crippen LogP contribution >= 0.6 is 0 Å². The van der Waals surface area contributed by atoms with Crippen LogP contribution in [0.25, 0.3) is 0 Å². The minimum atomic E-state index is -1.80. The van der Waals surface area contributed by atoms with E-state index in [4.69, 9.17) is 22.9 Å². The lowest BCUT2D eigenvalue weighted by Crippen LogP contribution is -2.60. The van der Waals surface area contributed by atoms with Crippen molar-refractivity contribution < 1.29 is 58.5 Å². The number of hydrogen-bond acceptors (Lipinski definition) is 13. The van der Waals surface area contributed by atoms with E-state index in [1.54, 1.807) is 13.8 Å². The number of aliphatic carboxylic acids is 1. The van der Waals surface area contributed by atoms with E-state index in [1.807, 2.05) is 0 Å². The molecule has 2 aromatic rings. The Morgan fingerprint density at radius 3 is 1.63 bits per heavy atom. The van der Waals surface area contributed by atoms with Gasteiger partial charge >= 0.3 is 5.97 Å². The molecule has 0 aromatic heterocycles. The van der Waals surface area contributed by atoms with E-state index in [0.717, 1.165) is 0 Å². The molecule has 1 saturated heterocycles. The van der Waals surface area contributed by atoms with Crippen molar-refractivity contribution in [2.75, 3.05) is 19.6 Å². The molecule has 2 aromatic carbocycles. The molecule has 0 aliphatic carbocycles. The number of aromatic hydroxyl groups is 2. The number of likely N-dealkylation sites (tertiary alicyclic amines) is 1. The number of benzene rings is 2. The molecule has 8 amide bonds. The fraction of sp³-hybridized carbons (Fsp3) is 0.532. The number of unbranched alkanes of at least 4 members (excludes halogenated alkanes) is 1. The SMILES string of the molecule is CC(=O)N1CCC[C@H]1C(=O)N[C@@H](CCCN=C(N)N)C(=O)N[C@@H](CCCCN)C(=O)N[C@@H](CC(C)C)C(=O)N[C@@H](Cc1ccc(O)cc1)C(=O)N[C@@H](CC(=O)O)C(=O)N[C@@H](Cc1ccc(O)cc1)C(N)=O. The van der Waals surface area contributed by atoms with E-state index in [0.29, 0.717) is 43.4 Å². The van der Waals surface area contributed by atoms with Gasteiger partial charge in [-0.2, -0.15) is 0 Å². The maximum atomic E-state index is 14.3. The maximum absolute atomic E-state index is 14.3. The first-order valence-electron chi connectivity index (χ1n) is 23.5. The molecule has 71 heavy (non-hydrogen) atoms. The highest BCUT2D eigenvalue weighted by atomic mass is 16.4. The molecule has 0 unspecified atom stereocenters. The van der Waals surface area contributed by atoms with Crippen LogP contribution in [0.5, 0.6) is 11.5 Å². The molecule has 0 saturated carbocycles. The number of guanidine groups is 1. The Hall–Kier alpha value is -7.50. The molecule has 7 atom stereocenters. The predicted octanol–water partition coefficient (Wildman–Crippen LogP) is -2.01. The molecule has 24 nitrogen and oxygen atoms in total. The largest absolute Gasteiger partial charge is 0.508 e. The number of carboxylic acids is 1. The number of nitrogens with two attached hydrogens (primary N) is 4. The summed E-state index contributed by atoms with van der Waals surface area (Å²) in [4.78, 5) is 126. The van der Waals surface area contributed by atoms with Gasteiger partial charge in [-0.3, -0.25) is 48.1 Å². The van der Waals surface area contributed by atoms with Crippen molar-refractivity contribution >= 4 is 59.2 Å². The first-order valence-corrected chi connectivity index (χ1v) is 23.5. The summed E-state index contributed by atoms with van der Waals surface area (Å²) < 4.78 is 0. The monoisotopic (exact) mass is 995 g/mol.